The second-order valence-corrected chi connectivity index (χ2v) is 4.79. The molecule has 0 unspecified atom stereocenters. The number of carboxylic acid groups (broad SMARTS) is 1. The van der Waals surface area contributed by atoms with Gasteiger partial charge in [-0.25, -0.2) is 0 Å². The summed E-state index contributed by atoms with van der Waals surface area (Å²) in [7, 11) is 0. The minimum atomic E-state index is -0.949. The molecule has 0 atom stereocenters. The lowest BCUT2D eigenvalue weighted by atomic mass is 10.2. The maximum Gasteiger partial charge on any atom is 0.311 e. The van der Waals surface area contributed by atoms with Gasteiger partial charge >= 0.3 is 5.97 Å². The number of hydrogen-bond donors (Lipinski definition) is 1. The molecule has 0 spiro atoms. The van der Waals surface area contributed by atoms with Gasteiger partial charge in [-0.05, 0) is 47.5 Å². The van der Waals surface area contributed by atoms with Crippen LogP contribution in [0.2, 0.25) is 0 Å². The minimum Gasteiger partial charge on any atom is -0.481 e. The van der Waals surface area contributed by atoms with Gasteiger partial charge in [0.25, 0.3) is 0 Å². The number of aliphatic carboxylic acids is 1. The Morgan fingerprint density at radius 2 is 1.80 bits per heavy atom. The smallest absolute Gasteiger partial charge is 0.311 e. The first-order valence-corrected chi connectivity index (χ1v) is 6.58. The van der Waals surface area contributed by atoms with Crippen LogP contribution in [-0.4, -0.2) is 44.4 Å². The Balaban J connectivity index is 1.83. The molecule has 7 heteroatoms. The third-order valence-corrected chi connectivity index (χ3v) is 3.41. The average molecular weight is 273 g/mol. The van der Waals surface area contributed by atoms with E-state index >= 15 is 0 Å². The Morgan fingerprint density at radius 1 is 1.15 bits per heavy atom. The quantitative estimate of drug-likeness (QED) is 0.890. The van der Waals surface area contributed by atoms with Crippen molar-refractivity contribution in [2.45, 2.75) is 19.3 Å². The molecule has 3 rings (SSSR count). The van der Waals surface area contributed by atoms with E-state index in [4.69, 9.17) is 5.11 Å². The molecule has 104 valence electrons. The summed E-state index contributed by atoms with van der Waals surface area (Å²) in [6, 6.07) is 7.87. The Morgan fingerprint density at radius 3 is 2.45 bits per heavy atom. The number of aromatic nitrogens is 4. The fourth-order valence-corrected chi connectivity index (χ4v) is 2.43. The predicted molar refractivity (Wildman–Crippen MR) is 71.9 cm³/mol. The zero-order valence-electron chi connectivity index (χ0n) is 10.9. The molecule has 2 aromatic rings. The van der Waals surface area contributed by atoms with Crippen molar-refractivity contribution in [3.05, 3.63) is 30.1 Å². The zero-order valence-corrected chi connectivity index (χ0v) is 10.9. The summed E-state index contributed by atoms with van der Waals surface area (Å²) in [6.07, 6.45) is 2.27. The third kappa shape index (κ3) is 2.47. The molecule has 0 radical (unpaired) electrons. The molecule has 0 amide bonds. The van der Waals surface area contributed by atoms with Crippen LogP contribution < -0.4 is 4.90 Å². The van der Waals surface area contributed by atoms with Crippen LogP contribution in [0.5, 0.6) is 0 Å². The first-order chi connectivity index (χ1) is 9.74. The van der Waals surface area contributed by atoms with Gasteiger partial charge in [0.1, 0.15) is 6.42 Å². The number of hydrogen-bond acceptors (Lipinski definition) is 5. The Kier molecular flexibility index (Phi) is 3.32. The molecule has 0 saturated carbocycles. The number of tetrazole rings is 1. The number of carbonyl (C=O) groups is 1. The van der Waals surface area contributed by atoms with Crippen LogP contribution in [0.4, 0.5) is 5.69 Å². The summed E-state index contributed by atoms with van der Waals surface area (Å²) < 4.78 is 1.46. The predicted octanol–water partition coefficient (Wildman–Crippen LogP) is 0.890. The van der Waals surface area contributed by atoms with E-state index in [0.717, 1.165) is 18.8 Å². The molecule has 0 aliphatic carbocycles. The van der Waals surface area contributed by atoms with Crippen molar-refractivity contribution in [3.8, 4) is 5.69 Å². The molecule has 1 saturated heterocycles. The SMILES string of the molecule is O=C(O)Cc1nnnn1-c1ccc(N2CCCC2)cc1. The van der Waals surface area contributed by atoms with E-state index in [1.165, 1.54) is 23.2 Å². The van der Waals surface area contributed by atoms with Crippen LogP contribution in [0.1, 0.15) is 18.7 Å². The highest BCUT2D eigenvalue weighted by molar-refractivity contribution is 5.69. The van der Waals surface area contributed by atoms with Crippen LogP contribution in [-0.2, 0) is 11.2 Å². The van der Waals surface area contributed by atoms with E-state index in [2.05, 4.69) is 20.4 Å². The largest absolute Gasteiger partial charge is 0.481 e. The van der Waals surface area contributed by atoms with Gasteiger partial charge in [0.15, 0.2) is 5.82 Å². The van der Waals surface area contributed by atoms with E-state index in [9.17, 15) is 4.79 Å². The summed E-state index contributed by atoms with van der Waals surface area (Å²) in [5.41, 5.74) is 1.95. The second kappa shape index (κ2) is 5.28. The Hall–Kier alpha value is -2.44. The van der Waals surface area contributed by atoms with Crippen molar-refractivity contribution in [3.63, 3.8) is 0 Å². The molecular formula is C13H15N5O2. The summed E-state index contributed by atoms with van der Waals surface area (Å²) in [4.78, 5) is 13.1. The fraction of sp³-hybridized carbons (Fsp3) is 0.385. The Bertz CT molecular complexity index is 601. The molecule has 20 heavy (non-hydrogen) atoms. The lowest BCUT2D eigenvalue weighted by molar-refractivity contribution is -0.136. The third-order valence-electron chi connectivity index (χ3n) is 3.41. The van der Waals surface area contributed by atoms with Crippen LogP contribution in [0.15, 0.2) is 24.3 Å². The first kappa shape index (κ1) is 12.6. The number of rotatable bonds is 4. The Labute approximate surface area is 115 Å². The average Bonchev–Trinajstić information content (AvgIpc) is 3.09. The number of nitrogens with zero attached hydrogens (tertiary/aromatic N) is 5. The lowest BCUT2D eigenvalue weighted by Gasteiger charge is -2.17. The van der Waals surface area contributed by atoms with Crippen molar-refractivity contribution >= 4 is 11.7 Å². The molecule has 1 aromatic carbocycles. The molecular weight excluding hydrogens is 258 g/mol. The van der Waals surface area contributed by atoms with E-state index in [-0.39, 0.29) is 6.42 Å². The fourth-order valence-electron chi connectivity index (χ4n) is 2.43. The minimum absolute atomic E-state index is 0.194. The van der Waals surface area contributed by atoms with E-state index in [1.54, 1.807) is 0 Å². The van der Waals surface area contributed by atoms with Gasteiger partial charge in [-0.2, -0.15) is 4.68 Å². The van der Waals surface area contributed by atoms with Gasteiger partial charge in [0, 0.05) is 18.8 Å². The maximum atomic E-state index is 10.8. The molecule has 1 fully saturated rings. The summed E-state index contributed by atoms with van der Waals surface area (Å²) >= 11 is 0. The molecule has 0 bridgehead atoms. The summed E-state index contributed by atoms with van der Waals surface area (Å²) in [6.45, 7) is 2.18. The zero-order chi connectivity index (χ0) is 13.9. The van der Waals surface area contributed by atoms with Crippen molar-refractivity contribution in [1.29, 1.82) is 0 Å². The summed E-state index contributed by atoms with van der Waals surface area (Å²) in [5.74, 6) is -0.624. The van der Waals surface area contributed by atoms with Gasteiger partial charge in [0.05, 0.1) is 5.69 Å². The molecule has 1 aliphatic rings. The normalized spacial score (nSPS) is 14.7. The van der Waals surface area contributed by atoms with Crippen molar-refractivity contribution < 1.29 is 9.90 Å². The highest BCUT2D eigenvalue weighted by atomic mass is 16.4. The van der Waals surface area contributed by atoms with Crippen LogP contribution in [0.25, 0.3) is 5.69 Å². The second-order valence-electron chi connectivity index (χ2n) is 4.79. The number of benzene rings is 1. The van der Waals surface area contributed by atoms with Crippen LogP contribution >= 0.6 is 0 Å². The molecule has 1 N–H and O–H groups in total. The molecule has 7 nitrogen and oxygen atoms in total. The number of carboxylic acids is 1. The van der Waals surface area contributed by atoms with Crippen LogP contribution in [0.3, 0.4) is 0 Å². The van der Waals surface area contributed by atoms with Crippen molar-refractivity contribution in [2.75, 3.05) is 18.0 Å². The van der Waals surface area contributed by atoms with Crippen LogP contribution in [0, 0.1) is 0 Å². The molecule has 1 aromatic heterocycles. The maximum absolute atomic E-state index is 10.8. The monoisotopic (exact) mass is 273 g/mol. The van der Waals surface area contributed by atoms with Gasteiger partial charge in [-0.15, -0.1) is 5.10 Å². The standard InChI is InChI=1S/C13H15N5O2/c19-13(20)9-12-14-15-16-18(12)11-5-3-10(4-6-11)17-7-1-2-8-17/h3-6H,1-2,7-9H2,(H,19,20). The van der Waals surface area contributed by atoms with Gasteiger partial charge in [-0.3, -0.25) is 4.79 Å². The van der Waals surface area contributed by atoms with Gasteiger partial charge in [-0.1, -0.05) is 0 Å². The van der Waals surface area contributed by atoms with Crippen molar-refractivity contribution in [2.24, 2.45) is 0 Å². The lowest BCUT2D eigenvalue weighted by Crippen LogP contribution is -2.17. The molecule has 1 aliphatic heterocycles. The van der Waals surface area contributed by atoms with E-state index < -0.39 is 5.97 Å². The van der Waals surface area contributed by atoms with Gasteiger partial charge < -0.3 is 10.0 Å². The molecule has 2 heterocycles. The van der Waals surface area contributed by atoms with E-state index in [1.807, 2.05) is 24.3 Å². The van der Waals surface area contributed by atoms with Gasteiger partial charge in [0.2, 0.25) is 0 Å². The summed E-state index contributed by atoms with van der Waals surface area (Å²) in [5, 5.41) is 20.0. The number of anilines is 1. The van der Waals surface area contributed by atoms with E-state index in [0.29, 0.717) is 5.82 Å². The topological polar surface area (TPSA) is 84.1 Å². The highest BCUT2D eigenvalue weighted by Gasteiger charge is 2.14. The first-order valence-electron chi connectivity index (χ1n) is 6.58. The highest BCUT2D eigenvalue weighted by Crippen LogP contribution is 2.21. The van der Waals surface area contributed by atoms with Crippen molar-refractivity contribution in [1.82, 2.24) is 20.2 Å².